The highest BCUT2D eigenvalue weighted by molar-refractivity contribution is 4.79. The zero-order valence-electron chi connectivity index (χ0n) is 8.95. The molecule has 1 unspecified atom stereocenters. The maximum absolute atomic E-state index is 9.43. The number of hydrogen-bond acceptors (Lipinski definition) is 4. The Kier molecular flexibility index (Phi) is 5.48. The van der Waals surface area contributed by atoms with E-state index in [4.69, 9.17) is 9.84 Å². The molecule has 0 amide bonds. The van der Waals surface area contributed by atoms with Gasteiger partial charge in [-0.15, -0.1) is 0 Å². The van der Waals surface area contributed by atoms with E-state index in [-0.39, 0.29) is 12.1 Å². The summed E-state index contributed by atoms with van der Waals surface area (Å²) in [6.07, 6.45) is -0.499. The number of β-amino-alcohol motifs (C(OH)–C–C–N with tert-alkyl or cyclic N) is 1. The molecule has 80 valence electrons. The van der Waals surface area contributed by atoms with E-state index in [9.17, 15) is 5.11 Å². The van der Waals surface area contributed by atoms with Gasteiger partial charge in [-0.05, 0) is 20.9 Å². The third kappa shape index (κ3) is 4.57. The van der Waals surface area contributed by atoms with Crippen molar-refractivity contribution >= 4 is 0 Å². The fourth-order valence-corrected chi connectivity index (χ4v) is 0.929. The van der Waals surface area contributed by atoms with E-state index in [0.29, 0.717) is 13.2 Å². The topological polar surface area (TPSA) is 52.9 Å². The summed E-state index contributed by atoms with van der Waals surface area (Å²) in [7, 11) is 3.43. The van der Waals surface area contributed by atoms with Gasteiger partial charge >= 0.3 is 0 Å². The molecule has 0 heterocycles. The predicted octanol–water partition coefficient (Wildman–Crippen LogP) is -0.304. The van der Waals surface area contributed by atoms with Gasteiger partial charge in [0.15, 0.2) is 0 Å². The van der Waals surface area contributed by atoms with E-state index in [1.807, 2.05) is 25.8 Å². The van der Waals surface area contributed by atoms with Crippen LogP contribution in [0.2, 0.25) is 0 Å². The monoisotopic (exact) mass is 191 g/mol. The normalized spacial score (nSPS) is 15.0. The number of aliphatic hydroxyl groups excluding tert-OH is 2. The number of likely N-dealkylation sites (N-methyl/N-ethyl adjacent to an activating group) is 1. The van der Waals surface area contributed by atoms with Crippen LogP contribution in [-0.2, 0) is 4.74 Å². The maximum Gasteiger partial charge on any atom is 0.0900 e. The van der Waals surface area contributed by atoms with Crippen molar-refractivity contribution < 1.29 is 14.9 Å². The van der Waals surface area contributed by atoms with Crippen LogP contribution in [0.3, 0.4) is 0 Å². The number of aliphatic hydroxyl groups is 2. The van der Waals surface area contributed by atoms with Gasteiger partial charge in [0, 0.05) is 19.2 Å². The van der Waals surface area contributed by atoms with Crippen LogP contribution in [0.25, 0.3) is 0 Å². The molecular weight excluding hydrogens is 170 g/mol. The van der Waals surface area contributed by atoms with Crippen molar-refractivity contribution in [2.24, 2.45) is 0 Å². The van der Waals surface area contributed by atoms with Crippen LogP contribution in [0.4, 0.5) is 0 Å². The SMILES string of the molecule is COCC(O)CN(C)C(C)(C)CO. The summed E-state index contributed by atoms with van der Waals surface area (Å²) in [5, 5.41) is 18.5. The number of hydrogen-bond donors (Lipinski definition) is 2. The number of methoxy groups -OCH3 is 1. The highest BCUT2D eigenvalue weighted by atomic mass is 16.5. The Bertz CT molecular complexity index is 139. The Hall–Kier alpha value is -0.160. The van der Waals surface area contributed by atoms with Gasteiger partial charge in [-0.25, -0.2) is 0 Å². The van der Waals surface area contributed by atoms with Crippen LogP contribution >= 0.6 is 0 Å². The average Bonchev–Trinajstić information content (AvgIpc) is 2.04. The molecule has 0 bridgehead atoms. The molecule has 4 heteroatoms. The van der Waals surface area contributed by atoms with E-state index >= 15 is 0 Å². The largest absolute Gasteiger partial charge is 0.394 e. The first-order valence-electron chi connectivity index (χ1n) is 4.43. The summed E-state index contributed by atoms with van der Waals surface area (Å²) >= 11 is 0. The summed E-state index contributed by atoms with van der Waals surface area (Å²) in [5.41, 5.74) is -0.297. The number of nitrogens with zero attached hydrogens (tertiary/aromatic N) is 1. The van der Waals surface area contributed by atoms with Crippen molar-refractivity contribution in [3.63, 3.8) is 0 Å². The smallest absolute Gasteiger partial charge is 0.0900 e. The van der Waals surface area contributed by atoms with Crippen LogP contribution in [0.15, 0.2) is 0 Å². The molecule has 0 aromatic heterocycles. The fourth-order valence-electron chi connectivity index (χ4n) is 0.929. The Morgan fingerprint density at radius 2 is 2.00 bits per heavy atom. The molecule has 1 atom stereocenters. The molecule has 2 N–H and O–H groups in total. The minimum atomic E-state index is -0.499. The van der Waals surface area contributed by atoms with Crippen molar-refractivity contribution in [3.05, 3.63) is 0 Å². The summed E-state index contributed by atoms with van der Waals surface area (Å²) in [6, 6.07) is 0. The van der Waals surface area contributed by atoms with Gasteiger partial charge in [-0.2, -0.15) is 0 Å². The Morgan fingerprint density at radius 3 is 2.38 bits per heavy atom. The minimum absolute atomic E-state index is 0.0726. The van der Waals surface area contributed by atoms with Gasteiger partial charge in [-0.3, -0.25) is 4.90 Å². The van der Waals surface area contributed by atoms with Gasteiger partial charge in [0.1, 0.15) is 0 Å². The molecule has 0 aliphatic heterocycles. The van der Waals surface area contributed by atoms with E-state index < -0.39 is 6.10 Å². The second-order valence-corrected chi connectivity index (χ2v) is 3.96. The first-order valence-corrected chi connectivity index (χ1v) is 4.43. The van der Waals surface area contributed by atoms with Crippen molar-refractivity contribution in [2.45, 2.75) is 25.5 Å². The number of ether oxygens (including phenoxy) is 1. The van der Waals surface area contributed by atoms with Gasteiger partial charge in [0.25, 0.3) is 0 Å². The van der Waals surface area contributed by atoms with Crippen molar-refractivity contribution in [1.82, 2.24) is 4.90 Å². The molecule has 0 aliphatic carbocycles. The first-order chi connectivity index (χ1) is 5.94. The van der Waals surface area contributed by atoms with Gasteiger partial charge in [0.2, 0.25) is 0 Å². The first kappa shape index (κ1) is 12.8. The van der Waals surface area contributed by atoms with Crippen molar-refractivity contribution in [1.29, 1.82) is 0 Å². The molecule has 0 spiro atoms. The second kappa shape index (κ2) is 5.54. The predicted molar refractivity (Wildman–Crippen MR) is 51.7 cm³/mol. The van der Waals surface area contributed by atoms with Crippen LogP contribution < -0.4 is 0 Å². The van der Waals surface area contributed by atoms with Crippen LogP contribution in [-0.4, -0.2) is 60.7 Å². The molecule has 0 aromatic carbocycles. The Balaban J connectivity index is 3.91. The standard InChI is InChI=1S/C9H21NO3/c1-9(2,7-11)10(3)5-8(12)6-13-4/h8,11-12H,5-7H2,1-4H3. The lowest BCUT2D eigenvalue weighted by Gasteiger charge is -2.35. The molecule has 0 aliphatic rings. The molecule has 4 nitrogen and oxygen atoms in total. The van der Waals surface area contributed by atoms with Gasteiger partial charge in [-0.1, -0.05) is 0 Å². The maximum atomic E-state index is 9.43. The lowest BCUT2D eigenvalue weighted by molar-refractivity contribution is 0.00422. The van der Waals surface area contributed by atoms with Gasteiger partial charge < -0.3 is 14.9 Å². The average molecular weight is 191 g/mol. The summed E-state index contributed by atoms with van der Waals surface area (Å²) < 4.78 is 4.81. The summed E-state index contributed by atoms with van der Waals surface area (Å²) in [5.74, 6) is 0. The number of rotatable bonds is 6. The Morgan fingerprint density at radius 1 is 1.46 bits per heavy atom. The van der Waals surface area contributed by atoms with Gasteiger partial charge in [0.05, 0.1) is 19.3 Å². The minimum Gasteiger partial charge on any atom is -0.394 e. The van der Waals surface area contributed by atoms with Crippen molar-refractivity contribution in [3.8, 4) is 0 Å². The molecular formula is C9H21NO3. The van der Waals surface area contributed by atoms with E-state index in [1.165, 1.54) is 0 Å². The van der Waals surface area contributed by atoms with E-state index in [0.717, 1.165) is 0 Å². The Labute approximate surface area is 80.1 Å². The molecule has 0 aromatic rings. The lowest BCUT2D eigenvalue weighted by Crippen LogP contribution is -2.48. The molecule has 0 saturated heterocycles. The van der Waals surface area contributed by atoms with E-state index in [1.54, 1.807) is 7.11 Å². The summed E-state index contributed by atoms with van der Waals surface area (Å²) in [6.45, 7) is 4.75. The van der Waals surface area contributed by atoms with Crippen LogP contribution in [0.5, 0.6) is 0 Å². The quantitative estimate of drug-likeness (QED) is 0.605. The van der Waals surface area contributed by atoms with E-state index in [2.05, 4.69) is 0 Å². The zero-order valence-corrected chi connectivity index (χ0v) is 8.95. The highest BCUT2D eigenvalue weighted by Crippen LogP contribution is 2.11. The second-order valence-electron chi connectivity index (χ2n) is 3.96. The summed E-state index contributed by atoms with van der Waals surface area (Å²) in [4.78, 5) is 1.91. The van der Waals surface area contributed by atoms with Crippen molar-refractivity contribution in [2.75, 3.05) is 33.9 Å². The third-order valence-corrected chi connectivity index (χ3v) is 2.26. The molecule has 0 fully saturated rings. The molecule has 0 rings (SSSR count). The third-order valence-electron chi connectivity index (χ3n) is 2.26. The molecule has 0 saturated carbocycles. The fraction of sp³-hybridized carbons (Fsp3) is 1.00. The molecule has 0 radical (unpaired) electrons. The van der Waals surface area contributed by atoms with Crippen LogP contribution in [0.1, 0.15) is 13.8 Å². The molecule has 13 heavy (non-hydrogen) atoms. The van der Waals surface area contributed by atoms with Crippen LogP contribution in [0, 0.1) is 0 Å². The highest BCUT2D eigenvalue weighted by Gasteiger charge is 2.23. The zero-order chi connectivity index (χ0) is 10.5. The lowest BCUT2D eigenvalue weighted by atomic mass is 10.0.